The third-order valence-corrected chi connectivity index (χ3v) is 0. The van der Waals surface area contributed by atoms with Crippen LogP contribution in [0.3, 0.4) is 0 Å². The molecule has 4 nitrogen and oxygen atoms in total. The molecule has 52 valence electrons. The van der Waals surface area contributed by atoms with Crippen LogP contribution in [-0.4, -0.2) is 14.7 Å². The Kier molecular flexibility index (Phi) is 24.1. The molecule has 0 aliphatic rings. The second kappa shape index (κ2) is 8.50. The zero-order valence-corrected chi connectivity index (χ0v) is 8.19. The van der Waals surface area contributed by atoms with Gasteiger partial charge in [0.05, 0.1) is 0 Å². The first kappa shape index (κ1) is 22.7. The van der Waals surface area contributed by atoms with Crippen molar-refractivity contribution in [2.24, 2.45) is 0 Å². The van der Waals surface area contributed by atoms with E-state index < -0.39 is 7.82 Å². The molecule has 0 rings (SSSR count). The molecule has 0 aromatic carbocycles. The zero-order valence-electron chi connectivity index (χ0n) is 3.50. The molecule has 0 unspecified atom stereocenters. The molecule has 0 heterocycles. The molecule has 0 aliphatic heterocycles. The van der Waals surface area contributed by atoms with E-state index in [1.54, 1.807) is 0 Å². The van der Waals surface area contributed by atoms with Gasteiger partial charge in [-0.25, -0.2) is 4.57 Å². The standard InChI is InChI=1S/Mo.H3O4P.2H2S/c;1-5(2,3)4;;/h;(H3,1,2,3,4);2*1H2/q+2;;;/p-2. The molecule has 0 amide bonds. The largest absolute Gasteiger partial charge is 2.00 e. The van der Waals surface area contributed by atoms with E-state index in [0.29, 0.717) is 0 Å². The predicted molar refractivity (Wildman–Crippen MR) is 31.8 cm³/mol. The fourth-order valence-electron chi connectivity index (χ4n) is 0. The van der Waals surface area contributed by atoms with Gasteiger partial charge in [-0.15, -0.1) is 0 Å². The third-order valence-electron chi connectivity index (χ3n) is 0. The number of hydrogen-bond donors (Lipinski definition) is 3. The average molecular weight is 260 g/mol. The van der Waals surface area contributed by atoms with Crippen LogP contribution < -0.4 is 0 Å². The topological polar surface area (TPSA) is 77.8 Å². The molecule has 0 aromatic heterocycles. The van der Waals surface area contributed by atoms with Gasteiger partial charge < -0.3 is 41.7 Å². The Morgan fingerprint density at radius 3 is 1.00 bits per heavy atom. The van der Waals surface area contributed by atoms with E-state index in [-0.39, 0.29) is 48.1 Å². The van der Waals surface area contributed by atoms with E-state index in [2.05, 4.69) is 0 Å². The number of rotatable bonds is 0. The second-order valence-electron chi connectivity index (χ2n) is 0.513. The summed E-state index contributed by atoms with van der Waals surface area (Å²) in [6.45, 7) is 0. The number of phosphoric acid groups is 1. The summed E-state index contributed by atoms with van der Waals surface area (Å²) < 4.78 is 8.88. The molecule has 8 heteroatoms. The molecule has 3 N–H and O–H groups in total. The van der Waals surface area contributed by atoms with Crippen LogP contribution in [0.15, 0.2) is 0 Å². The fourth-order valence-corrected chi connectivity index (χ4v) is 0. The van der Waals surface area contributed by atoms with Gasteiger partial charge in [0.1, 0.15) is 0 Å². The summed E-state index contributed by atoms with van der Waals surface area (Å²) >= 11 is 0. The molecule has 0 aromatic rings. The summed E-state index contributed by atoms with van der Waals surface area (Å²) in [6, 6.07) is 0. The van der Waals surface area contributed by atoms with Gasteiger partial charge in [-0.1, -0.05) is 0 Å². The Hall–Kier alpha value is 1.50. The molecule has 8 heavy (non-hydrogen) atoms. The van der Waals surface area contributed by atoms with Crippen LogP contribution in [0, 0.1) is 0 Å². The van der Waals surface area contributed by atoms with Crippen LogP contribution in [0.25, 0.3) is 0 Å². The van der Waals surface area contributed by atoms with Crippen LogP contribution in [0.1, 0.15) is 0 Å². The molecule has 0 spiro atoms. The zero-order chi connectivity index (χ0) is 4.50. The Morgan fingerprint density at radius 2 is 1.00 bits per heavy atom. The maximum Gasteiger partial charge on any atom is 2.00 e. The molecule has 0 fully saturated rings. The van der Waals surface area contributed by atoms with E-state index in [4.69, 9.17) is 19.2 Å². The fraction of sp³-hybridized carbons (Fsp3) is 0. The Balaban J connectivity index is -0.0000000267. The van der Waals surface area contributed by atoms with E-state index in [9.17, 15) is 0 Å². The Morgan fingerprint density at radius 1 is 1.00 bits per heavy atom. The van der Waals surface area contributed by atoms with E-state index in [1.807, 2.05) is 0 Å². The molecule has 0 saturated heterocycles. The maximum absolute atomic E-state index is 8.88. The molecule has 0 bridgehead atoms. The van der Waals surface area contributed by atoms with Gasteiger partial charge in [-0.2, -0.15) is 0 Å². The number of thiol groups is 2. The van der Waals surface area contributed by atoms with E-state index in [0.717, 1.165) is 0 Å². The van der Waals surface area contributed by atoms with Crippen LogP contribution in [0.4, 0.5) is 0 Å². The van der Waals surface area contributed by atoms with Crippen molar-refractivity contribution < 1.29 is 40.3 Å². The molecule has 0 atom stereocenters. The quantitative estimate of drug-likeness (QED) is 0.213. The van der Waals surface area contributed by atoms with Crippen molar-refractivity contribution in [3.8, 4) is 0 Å². The normalized spacial score (nSPS) is 7.38. The summed E-state index contributed by atoms with van der Waals surface area (Å²) in [5, 5.41) is 0. The van der Waals surface area contributed by atoms with Crippen molar-refractivity contribution in [3.63, 3.8) is 0 Å². The van der Waals surface area contributed by atoms with E-state index >= 15 is 0 Å². The van der Waals surface area contributed by atoms with Gasteiger partial charge in [-0.05, 0) is 0 Å². The van der Waals surface area contributed by atoms with Gasteiger partial charge in [-0.3, -0.25) is 0 Å². The summed E-state index contributed by atoms with van der Waals surface area (Å²) in [5.74, 6) is 0. The molecule has 0 radical (unpaired) electrons. The first-order chi connectivity index (χ1) is 2.00. The van der Waals surface area contributed by atoms with Crippen LogP contribution in [-0.2, 0) is 52.6 Å². The van der Waals surface area contributed by atoms with Crippen molar-refractivity contribution in [2.75, 3.05) is 0 Å². The van der Waals surface area contributed by atoms with Gasteiger partial charge in [0.15, 0.2) is 0 Å². The average Bonchev–Trinajstić information content (AvgIpc) is 0.722. The second-order valence-corrected chi connectivity index (χ2v) is 1.54. The number of hydrogen-bond acceptors (Lipinski definition) is 3. The van der Waals surface area contributed by atoms with Gasteiger partial charge in [0.2, 0.25) is 0 Å². The van der Waals surface area contributed by atoms with Crippen LogP contribution >= 0.6 is 7.82 Å². The monoisotopic (exact) mass is 262 g/mol. The van der Waals surface area contributed by atoms with Crippen LogP contribution in [0.2, 0.25) is 0 Å². The first-order valence-corrected chi connectivity index (χ1v) is 2.35. The van der Waals surface area contributed by atoms with Gasteiger partial charge in [0, 0.05) is 0 Å². The van der Waals surface area contributed by atoms with Crippen molar-refractivity contribution in [1.82, 2.24) is 0 Å². The van der Waals surface area contributed by atoms with Crippen LogP contribution in [0.5, 0.6) is 0 Å². The minimum atomic E-state index is -4.64. The minimum Gasteiger partial charge on any atom is -0.813 e. The summed E-state index contributed by atoms with van der Waals surface area (Å²) in [5.41, 5.74) is 0. The first-order valence-electron chi connectivity index (χ1n) is 0.783. The SMILES string of the molecule is O=P(O)(O)O.[Mo+2].[SH-].[SH-]. The molecule has 0 saturated carbocycles. The predicted octanol–water partition coefficient (Wildman–Crippen LogP) is -1.47. The summed E-state index contributed by atoms with van der Waals surface area (Å²) in [4.78, 5) is 21.6. The molecule has 0 aliphatic carbocycles. The van der Waals surface area contributed by atoms with Crippen molar-refractivity contribution in [2.45, 2.75) is 0 Å². The Labute approximate surface area is 75.1 Å². The van der Waals surface area contributed by atoms with E-state index in [1.165, 1.54) is 0 Å². The summed E-state index contributed by atoms with van der Waals surface area (Å²) in [7, 11) is -4.64. The maximum atomic E-state index is 8.88. The van der Waals surface area contributed by atoms with Gasteiger partial charge in [0.25, 0.3) is 0 Å². The Bertz CT molecular complexity index is 60.2. The van der Waals surface area contributed by atoms with Crippen molar-refractivity contribution in [3.05, 3.63) is 0 Å². The minimum absolute atomic E-state index is 0. The van der Waals surface area contributed by atoms with Crippen molar-refractivity contribution >= 4 is 34.8 Å². The molecular weight excluding hydrogens is 255 g/mol. The van der Waals surface area contributed by atoms with Crippen molar-refractivity contribution in [1.29, 1.82) is 0 Å². The smallest absolute Gasteiger partial charge is 0.813 e. The van der Waals surface area contributed by atoms with Gasteiger partial charge >= 0.3 is 28.9 Å². The summed E-state index contributed by atoms with van der Waals surface area (Å²) in [6.07, 6.45) is 0. The third kappa shape index (κ3) is 141. The molecular formula is H5MoO4PS2.